The molecule has 17 heavy (non-hydrogen) atoms. The highest BCUT2D eigenvalue weighted by Crippen LogP contribution is 2.25. The molecule has 0 aromatic carbocycles. The molecule has 0 aromatic rings. The van der Waals surface area contributed by atoms with Gasteiger partial charge in [-0.15, -0.1) is 0 Å². The molecule has 1 saturated heterocycles. The second-order valence-corrected chi connectivity index (χ2v) is 5.63. The lowest BCUT2D eigenvalue weighted by Gasteiger charge is -2.31. The number of nitrogens with zero attached hydrogens (tertiary/aromatic N) is 1. The van der Waals surface area contributed by atoms with E-state index >= 15 is 0 Å². The largest absolute Gasteiger partial charge is 0.480 e. The molecule has 0 spiro atoms. The number of hydrogen-bond donors (Lipinski definition) is 2. The fourth-order valence-corrected chi connectivity index (χ4v) is 2.59. The minimum atomic E-state index is -0.801. The van der Waals surface area contributed by atoms with Crippen molar-refractivity contribution in [3.8, 4) is 0 Å². The van der Waals surface area contributed by atoms with Gasteiger partial charge in [-0.25, -0.2) is 0 Å². The van der Waals surface area contributed by atoms with E-state index in [0.29, 0.717) is 18.4 Å². The summed E-state index contributed by atoms with van der Waals surface area (Å²) in [6, 6.07) is 0.630. The Balaban J connectivity index is 2.52. The number of likely N-dealkylation sites (N-methyl/N-ethyl adjacent to an activating group) is 1. The summed E-state index contributed by atoms with van der Waals surface area (Å²) in [5.74, 6) is -0.108. The number of carboxylic acid groups (broad SMARTS) is 1. The molecule has 2 atom stereocenters. The number of carbonyl (C=O) groups is 1. The summed E-state index contributed by atoms with van der Waals surface area (Å²) in [7, 11) is 1.72. The number of likely N-dealkylation sites (tertiary alicyclic amines) is 1. The van der Waals surface area contributed by atoms with Crippen LogP contribution in [0.15, 0.2) is 0 Å². The first-order valence-corrected chi connectivity index (χ1v) is 6.57. The topological polar surface area (TPSA) is 52.6 Å². The monoisotopic (exact) mass is 242 g/mol. The zero-order valence-corrected chi connectivity index (χ0v) is 11.5. The molecule has 1 fully saturated rings. The van der Waals surface area contributed by atoms with Crippen LogP contribution in [0, 0.1) is 5.92 Å². The third-order valence-corrected chi connectivity index (χ3v) is 4.11. The molecule has 0 bridgehead atoms. The molecule has 1 aliphatic rings. The normalized spacial score (nSPS) is 25.1. The molecule has 1 heterocycles. The summed E-state index contributed by atoms with van der Waals surface area (Å²) in [6.07, 6.45) is 3.15. The minimum Gasteiger partial charge on any atom is -0.480 e. The maximum Gasteiger partial charge on any atom is 0.323 e. The number of nitrogens with one attached hydrogen (secondary N) is 1. The number of hydrogen-bond acceptors (Lipinski definition) is 3. The van der Waals surface area contributed by atoms with Crippen LogP contribution >= 0.6 is 0 Å². The van der Waals surface area contributed by atoms with Crippen molar-refractivity contribution in [2.45, 2.75) is 51.6 Å². The van der Waals surface area contributed by atoms with Crippen molar-refractivity contribution < 1.29 is 9.90 Å². The van der Waals surface area contributed by atoms with Gasteiger partial charge in [-0.3, -0.25) is 4.79 Å². The average Bonchev–Trinajstić information content (AvgIpc) is 2.73. The van der Waals surface area contributed by atoms with Gasteiger partial charge in [0.1, 0.15) is 5.54 Å². The Labute approximate surface area is 104 Å². The van der Waals surface area contributed by atoms with E-state index < -0.39 is 11.5 Å². The van der Waals surface area contributed by atoms with Crippen molar-refractivity contribution in [3.63, 3.8) is 0 Å². The minimum absolute atomic E-state index is 0.630. The Kier molecular flexibility index (Phi) is 4.95. The van der Waals surface area contributed by atoms with Crippen LogP contribution in [-0.2, 0) is 4.79 Å². The van der Waals surface area contributed by atoms with Crippen LogP contribution in [-0.4, -0.2) is 47.7 Å². The molecule has 4 heteroatoms. The van der Waals surface area contributed by atoms with Gasteiger partial charge in [0.2, 0.25) is 0 Å². The predicted molar refractivity (Wildman–Crippen MR) is 69.2 cm³/mol. The fourth-order valence-electron chi connectivity index (χ4n) is 2.59. The first kappa shape index (κ1) is 14.5. The van der Waals surface area contributed by atoms with Crippen molar-refractivity contribution in [2.75, 3.05) is 20.1 Å². The highest BCUT2D eigenvalue weighted by atomic mass is 16.4. The van der Waals surface area contributed by atoms with Crippen molar-refractivity contribution in [2.24, 2.45) is 5.92 Å². The third kappa shape index (κ3) is 3.42. The van der Waals surface area contributed by atoms with Crippen molar-refractivity contribution >= 4 is 5.97 Å². The molecular weight excluding hydrogens is 216 g/mol. The lowest BCUT2D eigenvalue weighted by Crippen LogP contribution is -2.50. The number of aliphatic carboxylic acids is 1. The zero-order chi connectivity index (χ0) is 13.1. The summed E-state index contributed by atoms with van der Waals surface area (Å²) < 4.78 is 0. The standard InChI is InChI=1S/C13H26N2O2/c1-10(2)11-6-5-8-15(11)9-7-13(3,14-4)12(16)17/h10-11,14H,5-9H2,1-4H3,(H,16,17). The third-order valence-electron chi connectivity index (χ3n) is 4.11. The molecule has 1 aliphatic heterocycles. The maximum atomic E-state index is 11.2. The molecule has 0 aromatic heterocycles. The first-order valence-electron chi connectivity index (χ1n) is 6.57. The molecule has 2 N–H and O–H groups in total. The lowest BCUT2D eigenvalue weighted by atomic mass is 9.96. The second-order valence-electron chi connectivity index (χ2n) is 5.63. The van der Waals surface area contributed by atoms with Crippen molar-refractivity contribution in [1.82, 2.24) is 10.2 Å². The Bertz CT molecular complexity index is 268. The van der Waals surface area contributed by atoms with E-state index in [1.807, 2.05) is 0 Å². The van der Waals surface area contributed by atoms with Crippen LogP contribution in [0.1, 0.15) is 40.0 Å². The van der Waals surface area contributed by atoms with Crippen LogP contribution in [0.3, 0.4) is 0 Å². The maximum absolute atomic E-state index is 11.2. The molecule has 0 saturated carbocycles. The van der Waals surface area contributed by atoms with E-state index in [4.69, 9.17) is 0 Å². The molecule has 4 nitrogen and oxygen atoms in total. The first-order chi connectivity index (χ1) is 7.90. The second kappa shape index (κ2) is 5.83. The molecule has 2 unspecified atom stereocenters. The van der Waals surface area contributed by atoms with Gasteiger partial charge in [0.15, 0.2) is 0 Å². The van der Waals surface area contributed by atoms with Gasteiger partial charge in [0.25, 0.3) is 0 Å². The SMILES string of the molecule is CNC(C)(CCN1CCCC1C(C)C)C(=O)O. The van der Waals surface area contributed by atoms with E-state index in [1.165, 1.54) is 12.8 Å². The van der Waals surface area contributed by atoms with Crippen LogP contribution in [0.25, 0.3) is 0 Å². The summed E-state index contributed by atoms with van der Waals surface area (Å²) in [5, 5.41) is 12.1. The molecule has 1 rings (SSSR count). The summed E-state index contributed by atoms with van der Waals surface area (Å²) in [6.45, 7) is 8.24. The van der Waals surface area contributed by atoms with E-state index in [0.717, 1.165) is 13.1 Å². The van der Waals surface area contributed by atoms with E-state index in [9.17, 15) is 9.90 Å². The van der Waals surface area contributed by atoms with Crippen LogP contribution in [0.4, 0.5) is 0 Å². The quantitative estimate of drug-likeness (QED) is 0.742. The van der Waals surface area contributed by atoms with Crippen LogP contribution in [0.5, 0.6) is 0 Å². The van der Waals surface area contributed by atoms with Crippen molar-refractivity contribution in [1.29, 1.82) is 0 Å². The lowest BCUT2D eigenvalue weighted by molar-refractivity contribution is -0.144. The van der Waals surface area contributed by atoms with E-state index in [2.05, 4.69) is 24.1 Å². The van der Waals surface area contributed by atoms with Crippen molar-refractivity contribution in [3.05, 3.63) is 0 Å². The Morgan fingerprint density at radius 2 is 2.24 bits per heavy atom. The summed E-state index contributed by atoms with van der Waals surface area (Å²) in [5.41, 5.74) is -0.801. The van der Waals surface area contributed by atoms with Gasteiger partial charge < -0.3 is 15.3 Å². The van der Waals surface area contributed by atoms with Gasteiger partial charge in [-0.05, 0) is 45.7 Å². The van der Waals surface area contributed by atoms with Crippen LogP contribution in [0.2, 0.25) is 0 Å². The Hall–Kier alpha value is -0.610. The molecule has 100 valence electrons. The van der Waals surface area contributed by atoms with Gasteiger partial charge in [-0.1, -0.05) is 13.8 Å². The summed E-state index contributed by atoms with van der Waals surface area (Å²) in [4.78, 5) is 13.6. The Morgan fingerprint density at radius 3 is 2.71 bits per heavy atom. The fraction of sp³-hybridized carbons (Fsp3) is 0.923. The molecular formula is C13H26N2O2. The highest BCUT2D eigenvalue weighted by molar-refractivity contribution is 5.78. The molecule has 0 amide bonds. The van der Waals surface area contributed by atoms with Gasteiger partial charge >= 0.3 is 5.97 Å². The van der Waals surface area contributed by atoms with Crippen LogP contribution < -0.4 is 5.32 Å². The smallest absolute Gasteiger partial charge is 0.323 e. The predicted octanol–water partition coefficient (Wildman–Crippen LogP) is 1.56. The van der Waals surface area contributed by atoms with Gasteiger partial charge in [-0.2, -0.15) is 0 Å². The van der Waals surface area contributed by atoms with E-state index in [1.54, 1.807) is 14.0 Å². The van der Waals surface area contributed by atoms with Gasteiger partial charge in [0.05, 0.1) is 0 Å². The summed E-state index contributed by atoms with van der Waals surface area (Å²) >= 11 is 0. The van der Waals surface area contributed by atoms with Gasteiger partial charge in [0, 0.05) is 12.6 Å². The average molecular weight is 242 g/mol. The Morgan fingerprint density at radius 1 is 1.59 bits per heavy atom. The highest BCUT2D eigenvalue weighted by Gasteiger charge is 2.34. The van der Waals surface area contributed by atoms with E-state index in [-0.39, 0.29) is 0 Å². The molecule has 0 radical (unpaired) electrons. The molecule has 0 aliphatic carbocycles. The number of rotatable bonds is 6. The number of carboxylic acids is 1. The zero-order valence-electron chi connectivity index (χ0n) is 11.5.